The summed E-state index contributed by atoms with van der Waals surface area (Å²) in [6, 6.07) is 4.90. The van der Waals surface area contributed by atoms with Crippen LogP contribution in [-0.2, 0) is 10.0 Å². The van der Waals surface area contributed by atoms with Crippen LogP contribution in [0.2, 0.25) is 0 Å². The third-order valence-corrected chi connectivity index (χ3v) is 4.73. The fourth-order valence-electron chi connectivity index (χ4n) is 1.43. The molecule has 6 heteroatoms. The van der Waals surface area contributed by atoms with E-state index in [0.717, 1.165) is 12.8 Å². The second-order valence-corrected chi connectivity index (χ2v) is 6.97. The molecule has 0 heterocycles. The first kappa shape index (κ1) is 16.5. The maximum Gasteiger partial charge on any atom is 0.244 e. The van der Waals surface area contributed by atoms with E-state index in [1.807, 2.05) is 20.8 Å². The van der Waals surface area contributed by atoms with Crippen molar-refractivity contribution in [3.05, 3.63) is 22.7 Å². The Hall–Kier alpha value is -0.590. The van der Waals surface area contributed by atoms with Crippen molar-refractivity contribution in [2.75, 3.05) is 6.61 Å². The molecular formula is C13H20BrNO3S. The van der Waals surface area contributed by atoms with Gasteiger partial charge in [-0.25, -0.2) is 13.1 Å². The van der Waals surface area contributed by atoms with Crippen LogP contribution in [0.1, 0.15) is 33.6 Å². The molecule has 0 bridgehead atoms. The highest BCUT2D eigenvalue weighted by atomic mass is 79.9. The van der Waals surface area contributed by atoms with Gasteiger partial charge < -0.3 is 4.74 Å². The number of benzene rings is 1. The predicted molar refractivity (Wildman–Crippen MR) is 80.0 cm³/mol. The lowest BCUT2D eigenvalue weighted by atomic mass is 10.3. The van der Waals surface area contributed by atoms with E-state index in [1.165, 1.54) is 0 Å². The summed E-state index contributed by atoms with van der Waals surface area (Å²) in [4.78, 5) is 0.177. The minimum Gasteiger partial charge on any atom is -0.492 e. The average molecular weight is 350 g/mol. The van der Waals surface area contributed by atoms with Crippen molar-refractivity contribution in [3.8, 4) is 5.75 Å². The Morgan fingerprint density at radius 2 is 2.05 bits per heavy atom. The summed E-state index contributed by atoms with van der Waals surface area (Å²) in [5.41, 5.74) is 0. The van der Waals surface area contributed by atoms with Gasteiger partial charge in [-0.15, -0.1) is 0 Å². The van der Waals surface area contributed by atoms with Gasteiger partial charge in [0.2, 0.25) is 10.0 Å². The first-order chi connectivity index (χ1) is 8.90. The number of rotatable bonds is 7. The predicted octanol–water partition coefficient (Wildman–Crippen LogP) is 3.31. The summed E-state index contributed by atoms with van der Waals surface area (Å²) < 4.78 is 33.5. The third kappa shape index (κ3) is 4.78. The van der Waals surface area contributed by atoms with Crippen molar-refractivity contribution in [3.63, 3.8) is 0 Å². The minimum absolute atomic E-state index is 0.108. The molecule has 0 aliphatic carbocycles. The zero-order valence-electron chi connectivity index (χ0n) is 11.4. The van der Waals surface area contributed by atoms with E-state index in [1.54, 1.807) is 18.2 Å². The van der Waals surface area contributed by atoms with Crippen molar-refractivity contribution in [2.45, 2.75) is 44.6 Å². The smallest absolute Gasteiger partial charge is 0.244 e. The van der Waals surface area contributed by atoms with E-state index < -0.39 is 10.0 Å². The molecule has 0 amide bonds. The summed E-state index contributed by atoms with van der Waals surface area (Å²) in [7, 11) is -3.56. The first-order valence-corrected chi connectivity index (χ1v) is 8.63. The van der Waals surface area contributed by atoms with Crippen LogP contribution < -0.4 is 9.46 Å². The maximum absolute atomic E-state index is 12.3. The SMILES string of the molecule is CCCOc1ccc(Br)cc1S(=O)(=O)N[C@H](C)CC. The highest BCUT2D eigenvalue weighted by molar-refractivity contribution is 9.10. The second kappa shape index (κ2) is 7.26. The molecule has 0 spiro atoms. The van der Waals surface area contributed by atoms with E-state index in [-0.39, 0.29) is 10.9 Å². The molecule has 1 rings (SSSR count). The van der Waals surface area contributed by atoms with Crippen molar-refractivity contribution in [1.29, 1.82) is 0 Å². The van der Waals surface area contributed by atoms with Gasteiger partial charge in [0.1, 0.15) is 10.6 Å². The lowest BCUT2D eigenvalue weighted by Crippen LogP contribution is -2.32. The number of sulfonamides is 1. The van der Waals surface area contributed by atoms with Gasteiger partial charge in [0.05, 0.1) is 6.61 Å². The largest absolute Gasteiger partial charge is 0.492 e. The summed E-state index contributed by atoms with van der Waals surface area (Å²) in [6.07, 6.45) is 1.56. The van der Waals surface area contributed by atoms with E-state index in [9.17, 15) is 8.42 Å². The van der Waals surface area contributed by atoms with Gasteiger partial charge >= 0.3 is 0 Å². The lowest BCUT2D eigenvalue weighted by Gasteiger charge is -2.15. The Labute approximate surface area is 123 Å². The van der Waals surface area contributed by atoms with Gasteiger partial charge in [-0.1, -0.05) is 29.8 Å². The van der Waals surface area contributed by atoms with Gasteiger partial charge in [0.25, 0.3) is 0 Å². The normalized spacial score (nSPS) is 13.3. The molecule has 0 saturated heterocycles. The van der Waals surface area contributed by atoms with Gasteiger partial charge in [-0.2, -0.15) is 0 Å². The molecule has 0 aliphatic heterocycles. The number of ether oxygens (including phenoxy) is 1. The molecule has 0 unspecified atom stereocenters. The van der Waals surface area contributed by atoms with Crippen LogP contribution in [0.5, 0.6) is 5.75 Å². The van der Waals surface area contributed by atoms with Crippen LogP contribution >= 0.6 is 15.9 Å². The van der Waals surface area contributed by atoms with Crippen molar-refractivity contribution in [1.82, 2.24) is 4.72 Å². The standard InChI is InChI=1S/C13H20BrNO3S/c1-4-8-18-12-7-6-11(14)9-13(12)19(16,17)15-10(3)5-2/h6-7,9-10,15H,4-5,8H2,1-3H3/t10-/m1/s1. The zero-order chi connectivity index (χ0) is 14.5. The Morgan fingerprint density at radius 1 is 1.37 bits per heavy atom. The maximum atomic E-state index is 12.3. The molecule has 1 aromatic rings. The van der Waals surface area contributed by atoms with Crippen molar-refractivity contribution in [2.24, 2.45) is 0 Å². The Bertz CT molecular complexity index is 517. The molecule has 1 aromatic carbocycles. The monoisotopic (exact) mass is 349 g/mol. The number of nitrogens with one attached hydrogen (secondary N) is 1. The fourth-order valence-corrected chi connectivity index (χ4v) is 3.44. The second-order valence-electron chi connectivity index (χ2n) is 4.37. The molecule has 0 fully saturated rings. The molecule has 0 aromatic heterocycles. The van der Waals surface area contributed by atoms with E-state index in [4.69, 9.17) is 4.74 Å². The van der Waals surface area contributed by atoms with Crippen LogP contribution in [0.4, 0.5) is 0 Å². The number of hydrogen-bond donors (Lipinski definition) is 1. The Balaban J connectivity index is 3.12. The summed E-state index contributed by atoms with van der Waals surface area (Å²) in [5.74, 6) is 0.390. The molecule has 4 nitrogen and oxygen atoms in total. The van der Waals surface area contributed by atoms with Crippen LogP contribution in [0.25, 0.3) is 0 Å². The first-order valence-electron chi connectivity index (χ1n) is 6.35. The van der Waals surface area contributed by atoms with E-state index in [2.05, 4.69) is 20.7 Å². The molecule has 0 saturated carbocycles. The van der Waals surface area contributed by atoms with E-state index >= 15 is 0 Å². The Kier molecular flexibility index (Phi) is 6.29. The van der Waals surface area contributed by atoms with Crippen LogP contribution in [-0.4, -0.2) is 21.1 Å². The molecule has 0 radical (unpaired) electrons. The zero-order valence-corrected chi connectivity index (χ0v) is 13.8. The van der Waals surface area contributed by atoms with Gasteiger partial charge in [0, 0.05) is 10.5 Å². The number of halogens is 1. The summed E-state index contributed by atoms with van der Waals surface area (Å²) in [6.45, 7) is 6.24. The summed E-state index contributed by atoms with van der Waals surface area (Å²) >= 11 is 3.29. The quantitative estimate of drug-likeness (QED) is 0.821. The van der Waals surface area contributed by atoms with Gasteiger partial charge in [-0.05, 0) is 38.0 Å². The van der Waals surface area contributed by atoms with Gasteiger partial charge in [-0.3, -0.25) is 0 Å². The molecule has 19 heavy (non-hydrogen) atoms. The van der Waals surface area contributed by atoms with E-state index in [0.29, 0.717) is 16.8 Å². The van der Waals surface area contributed by atoms with Crippen molar-refractivity contribution < 1.29 is 13.2 Å². The third-order valence-electron chi connectivity index (χ3n) is 2.63. The van der Waals surface area contributed by atoms with Crippen LogP contribution in [0.15, 0.2) is 27.6 Å². The molecule has 0 aliphatic rings. The topological polar surface area (TPSA) is 55.4 Å². The summed E-state index contributed by atoms with van der Waals surface area (Å²) in [5, 5.41) is 0. The fraction of sp³-hybridized carbons (Fsp3) is 0.538. The molecular weight excluding hydrogens is 330 g/mol. The highest BCUT2D eigenvalue weighted by Crippen LogP contribution is 2.27. The number of hydrogen-bond acceptors (Lipinski definition) is 3. The van der Waals surface area contributed by atoms with Gasteiger partial charge in [0.15, 0.2) is 0 Å². The van der Waals surface area contributed by atoms with Crippen LogP contribution in [0.3, 0.4) is 0 Å². The molecule has 1 N–H and O–H groups in total. The highest BCUT2D eigenvalue weighted by Gasteiger charge is 2.21. The molecule has 108 valence electrons. The molecule has 1 atom stereocenters. The lowest BCUT2D eigenvalue weighted by molar-refractivity contribution is 0.309. The average Bonchev–Trinajstić information content (AvgIpc) is 2.36. The van der Waals surface area contributed by atoms with Crippen molar-refractivity contribution >= 4 is 26.0 Å². The van der Waals surface area contributed by atoms with Crippen LogP contribution in [0, 0.1) is 0 Å². The minimum atomic E-state index is -3.56. The Morgan fingerprint density at radius 3 is 2.63 bits per heavy atom.